The van der Waals surface area contributed by atoms with Crippen LogP contribution in [0.1, 0.15) is 30.9 Å². The van der Waals surface area contributed by atoms with Crippen molar-refractivity contribution in [3.05, 3.63) is 95.6 Å². The average molecular weight is 382 g/mol. The second-order valence-electron chi connectivity index (χ2n) is 6.86. The summed E-state index contributed by atoms with van der Waals surface area (Å²) in [6.45, 7) is 4.24. The van der Waals surface area contributed by atoms with Gasteiger partial charge in [-0.05, 0) is 47.4 Å². The highest BCUT2D eigenvalue weighted by Gasteiger charge is 2.13. The Hall–Kier alpha value is -3.84. The highest BCUT2D eigenvalue weighted by atomic mass is 16.5. The Kier molecular flexibility index (Phi) is 6.44. The number of benzene rings is 3. The second kappa shape index (κ2) is 9.38. The third-order valence-electron chi connectivity index (χ3n) is 4.39. The quantitative estimate of drug-likeness (QED) is 0.411. The van der Waals surface area contributed by atoms with Gasteiger partial charge < -0.3 is 10.1 Å². The minimum Gasteiger partial charge on any atom is -0.455 e. The van der Waals surface area contributed by atoms with E-state index in [1.807, 2.05) is 66.7 Å². The highest BCUT2D eigenvalue weighted by Crippen LogP contribution is 2.29. The zero-order valence-corrected chi connectivity index (χ0v) is 16.4. The molecule has 0 heterocycles. The van der Waals surface area contributed by atoms with Crippen LogP contribution in [0.2, 0.25) is 0 Å². The molecule has 0 radical (unpaired) electrons. The van der Waals surface area contributed by atoms with Crippen molar-refractivity contribution < 1.29 is 9.53 Å². The molecule has 0 saturated carbocycles. The summed E-state index contributed by atoms with van der Waals surface area (Å²) >= 11 is 0. The van der Waals surface area contributed by atoms with E-state index in [0.29, 0.717) is 23.1 Å². The minimum absolute atomic E-state index is 0.0248. The van der Waals surface area contributed by atoms with E-state index in [-0.39, 0.29) is 5.57 Å². The summed E-state index contributed by atoms with van der Waals surface area (Å²) in [7, 11) is 0. The number of carbonyl (C=O) groups is 1. The molecule has 0 aliphatic carbocycles. The first-order valence-electron chi connectivity index (χ1n) is 9.42. The molecule has 4 nitrogen and oxygen atoms in total. The zero-order chi connectivity index (χ0) is 20.6. The molecule has 0 atom stereocenters. The van der Waals surface area contributed by atoms with Gasteiger partial charge in [-0.25, -0.2) is 0 Å². The van der Waals surface area contributed by atoms with Gasteiger partial charge in [-0.3, -0.25) is 4.79 Å². The SMILES string of the molecule is CC(C)c1ccc(/C=C(/C#N)C(=O)Nc2ccccc2Oc2ccccc2)cc1. The molecule has 0 fully saturated rings. The van der Waals surface area contributed by atoms with E-state index < -0.39 is 5.91 Å². The van der Waals surface area contributed by atoms with Crippen LogP contribution < -0.4 is 10.1 Å². The van der Waals surface area contributed by atoms with Gasteiger partial charge in [0.2, 0.25) is 0 Å². The molecule has 0 aliphatic heterocycles. The fourth-order valence-corrected chi connectivity index (χ4v) is 2.76. The number of nitrogens with zero attached hydrogens (tertiary/aromatic N) is 1. The van der Waals surface area contributed by atoms with Gasteiger partial charge in [0.25, 0.3) is 5.91 Å². The Morgan fingerprint density at radius 3 is 2.28 bits per heavy atom. The van der Waals surface area contributed by atoms with E-state index >= 15 is 0 Å². The number of amides is 1. The van der Waals surface area contributed by atoms with Crippen molar-refractivity contribution in [3.63, 3.8) is 0 Å². The highest BCUT2D eigenvalue weighted by molar-refractivity contribution is 6.10. The average Bonchev–Trinajstić information content (AvgIpc) is 2.74. The molecule has 3 aromatic rings. The fraction of sp³-hybridized carbons (Fsp3) is 0.120. The summed E-state index contributed by atoms with van der Waals surface area (Å²) in [5, 5.41) is 12.2. The number of nitrogens with one attached hydrogen (secondary N) is 1. The maximum absolute atomic E-state index is 12.7. The van der Waals surface area contributed by atoms with Gasteiger partial charge in [0, 0.05) is 0 Å². The van der Waals surface area contributed by atoms with Crippen LogP contribution in [-0.4, -0.2) is 5.91 Å². The van der Waals surface area contributed by atoms with E-state index in [2.05, 4.69) is 19.2 Å². The molecule has 0 spiro atoms. The van der Waals surface area contributed by atoms with Gasteiger partial charge in [0.1, 0.15) is 17.4 Å². The van der Waals surface area contributed by atoms with Gasteiger partial charge in [-0.15, -0.1) is 0 Å². The maximum Gasteiger partial charge on any atom is 0.266 e. The van der Waals surface area contributed by atoms with E-state index in [0.717, 1.165) is 5.56 Å². The first kappa shape index (κ1) is 19.9. The first-order valence-corrected chi connectivity index (χ1v) is 9.42. The summed E-state index contributed by atoms with van der Waals surface area (Å²) in [6, 6.07) is 26.3. The topological polar surface area (TPSA) is 62.1 Å². The summed E-state index contributed by atoms with van der Waals surface area (Å²) in [6.07, 6.45) is 1.58. The Labute approximate surface area is 171 Å². The van der Waals surface area contributed by atoms with Crippen LogP contribution in [0.15, 0.2) is 84.4 Å². The van der Waals surface area contributed by atoms with Gasteiger partial charge in [-0.2, -0.15) is 5.26 Å². The number of rotatable bonds is 6. The minimum atomic E-state index is -0.482. The van der Waals surface area contributed by atoms with Crippen molar-refractivity contribution >= 4 is 17.7 Å². The van der Waals surface area contributed by atoms with E-state index in [4.69, 9.17) is 4.74 Å². The molecule has 144 valence electrons. The monoisotopic (exact) mass is 382 g/mol. The van der Waals surface area contributed by atoms with Gasteiger partial charge in [0.15, 0.2) is 5.75 Å². The van der Waals surface area contributed by atoms with Crippen molar-refractivity contribution in [2.24, 2.45) is 0 Å². The zero-order valence-electron chi connectivity index (χ0n) is 16.4. The number of ether oxygens (including phenoxy) is 1. The molecule has 3 aromatic carbocycles. The number of hydrogen-bond acceptors (Lipinski definition) is 3. The molecule has 1 N–H and O–H groups in total. The Bertz CT molecular complexity index is 1050. The fourth-order valence-electron chi connectivity index (χ4n) is 2.76. The number of para-hydroxylation sites is 3. The summed E-state index contributed by atoms with van der Waals surface area (Å²) in [5.74, 6) is 1.11. The molecule has 0 aromatic heterocycles. The van der Waals surface area contributed by atoms with Crippen molar-refractivity contribution in [1.82, 2.24) is 0 Å². The van der Waals surface area contributed by atoms with E-state index in [1.54, 1.807) is 24.3 Å². The Morgan fingerprint density at radius 2 is 1.62 bits per heavy atom. The molecule has 0 aliphatic rings. The molecule has 0 unspecified atom stereocenters. The Morgan fingerprint density at radius 1 is 0.966 bits per heavy atom. The molecule has 3 rings (SSSR count). The largest absolute Gasteiger partial charge is 0.455 e. The summed E-state index contributed by atoms with van der Waals surface area (Å²) < 4.78 is 5.86. The van der Waals surface area contributed by atoms with Crippen LogP contribution in [0, 0.1) is 11.3 Å². The number of carbonyl (C=O) groups excluding carboxylic acids is 1. The lowest BCUT2D eigenvalue weighted by atomic mass is 10.0. The predicted octanol–water partition coefficient (Wildman–Crippen LogP) is 6.15. The number of hydrogen-bond donors (Lipinski definition) is 1. The maximum atomic E-state index is 12.7. The third kappa shape index (κ3) is 5.33. The normalized spacial score (nSPS) is 11.0. The lowest BCUT2D eigenvalue weighted by Crippen LogP contribution is -2.14. The Balaban J connectivity index is 1.79. The van der Waals surface area contributed by atoms with Gasteiger partial charge in [-0.1, -0.05) is 68.4 Å². The molecule has 4 heteroatoms. The predicted molar refractivity (Wildman–Crippen MR) is 116 cm³/mol. The lowest BCUT2D eigenvalue weighted by molar-refractivity contribution is -0.112. The number of nitriles is 1. The van der Waals surface area contributed by atoms with Gasteiger partial charge >= 0.3 is 0 Å². The number of anilines is 1. The van der Waals surface area contributed by atoms with Crippen LogP contribution in [-0.2, 0) is 4.79 Å². The van der Waals surface area contributed by atoms with Crippen molar-refractivity contribution in [1.29, 1.82) is 5.26 Å². The van der Waals surface area contributed by atoms with Crippen LogP contribution in [0.3, 0.4) is 0 Å². The van der Waals surface area contributed by atoms with Crippen LogP contribution in [0.25, 0.3) is 6.08 Å². The molecule has 29 heavy (non-hydrogen) atoms. The van der Waals surface area contributed by atoms with E-state index in [9.17, 15) is 10.1 Å². The van der Waals surface area contributed by atoms with Gasteiger partial charge in [0.05, 0.1) is 5.69 Å². The summed E-state index contributed by atoms with van der Waals surface area (Å²) in [4.78, 5) is 12.7. The molecule has 1 amide bonds. The molecule has 0 bridgehead atoms. The summed E-state index contributed by atoms with van der Waals surface area (Å²) in [5.41, 5.74) is 2.53. The van der Waals surface area contributed by atoms with E-state index in [1.165, 1.54) is 5.56 Å². The lowest BCUT2D eigenvalue weighted by Gasteiger charge is -2.12. The van der Waals surface area contributed by atoms with Crippen molar-refractivity contribution in [2.75, 3.05) is 5.32 Å². The standard InChI is InChI=1S/C25H22N2O2/c1-18(2)20-14-12-19(13-15-20)16-21(17-26)25(28)27-23-10-6-7-11-24(23)29-22-8-4-3-5-9-22/h3-16,18H,1-2H3,(H,27,28)/b21-16-. The van der Waals surface area contributed by atoms with Crippen LogP contribution in [0.5, 0.6) is 11.5 Å². The van der Waals surface area contributed by atoms with Crippen molar-refractivity contribution in [2.45, 2.75) is 19.8 Å². The molecular weight excluding hydrogens is 360 g/mol. The van der Waals surface area contributed by atoms with Crippen LogP contribution in [0.4, 0.5) is 5.69 Å². The second-order valence-corrected chi connectivity index (χ2v) is 6.86. The molecular formula is C25H22N2O2. The first-order chi connectivity index (χ1) is 14.1. The molecule has 0 saturated heterocycles. The third-order valence-corrected chi connectivity index (χ3v) is 4.39. The van der Waals surface area contributed by atoms with Crippen LogP contribution >= 0.6 is 0 Å². The van der Waals surface area contributed by atoms with Crippen molar-refractivity contribution in [3.8, 4) is 17.6 Å². The smallest absolute Gasteiger partial charge is 0.266 e.